The summed E-state index contributed by atoms with van der Waals surface area (Å²) in [6.07, 6.45) is 6.28. The third-order valence-corrected chi connectivity index (χ3v) is 5.79. The zero-order chi connectivity index (χ0) is 13.6. The van der Waals surface area contributed by atoms with Gasteiger partial charge in [0.2, 0.25) is 0 Å². The van der Waals surface area contributed by atoms with E-state index in [1.807, 2.05) is 6.92 Å². The van der Waals surface area contributed by atoms with Gasteiger partial charge in [0.05, 0.1) is 5.41 Å². The van der Waals surface area contributed by atoms with Crippen molar-refractivity contribution >= 4 is 5.97 Å². The second kappa shape index (κ2) is 4.40. The predicted molar refractivity (Wildman–Crippen MR) is 73.4 cm³/mol. The topological polar surface area (TPSA) is 37.3 Å². The molecule has 0 bridgehead atoms. The minimum Gasteiger partial charge on any atom is -0.481 e. The highest BCUT2D eigenvalue weighted by molar-refractivity contribution is 5.75. The Morgan fingerprint density at radius 2 is 2.06 bits per heavy atom. The van der Waals surface area contributed by atoms with Crippen LogP contribution in [0.4, 0.5) is 0 Å². The monoisotopic (exact) mass is 250 g/mol. The first-order valence-electron chi connectivity index (χ1n) is 7.28. The third kappa shape index (κ3) is 1.72. The number of aliphatic carboxylic acids is 1. The van der Waals surface area contributed by atoms with Crippen LogP contribution >= 0.6 is 0 Å². The van der Waals surface area contributed by atoms with Crippen LogP contribution in [-0.2, 0) is 4.79 Å². The summed E-state index contributed by atoms with van der Waals surface area (Å²) in [5.74, 6) is -0.275. The van der Waals surface area contributed by atoms with E-state index in [0.717, 1.165) is 32.1 Å². The van der Waals surface area contributed by atoms with Crippen molar-refractivity contribution in [3.63, 3.8) is 0 Å². The van der Waals surface area contributed by atoms with Crippen molar-refractivity contribution in [1.29, 1.82) is 0 Å². The summed E-state index contributed by atoms with van der Waals surface area (Å²) in [4.78, 5) is 11.7. The molecule has 0 radical (unpaired) electrons. The molecule has 2 rings (SSSR count). The van der Waals surface area contributed by atoms with E-state index in [1.165, 1.54) is 12.0 Å². The van der Waals surface area contributed by atoms with Crippen molar-refractivity contribution in [2.24, 2.45) is 16.7 Å². The number of allylic oxidation sites excluding steroid dienone is 2. The minimum absolute atomic E-state index is 0.127. The van der Waals surface area contributed by atoms with Crippen LogP contribution in [0.5, 0.6) is 0 Å². The number of hydrogen-bond acceptors (Lipinski definition) is 1. The molecule has 3 unspecified atom stereocenters. The number of carboxylic acid groups (broad SMARTS) is 1. The van der Waals surface area contributed by atoms with Gasteiger partial charge >= 0.3 is 5.97 Å². The fraction of sp³-hybridized carbons (Fsp3) is 0.812. The van der Waals surface area contributed by atoms with Crippen molar-refractivity contribution in [2.75, 3.05) is 0 Å². The van der Waals surface area contributed by atoms with Gasteiger partial charge in [-0.2, -0.15) is 0 Å². The third-order valence-electron chi connectivity index (χ3n) is 5.79. The van der Waals surface area contributed by atoms with Gasteiger partial charge < -0.3 is 5.11 Å². The Morgan fingerprint density at radius 3 is 2.61 bits per heavy atom. The number of fused-ring (bicyclic) bond motifs is 1. The quantitative estimate of drug-likeness (QED) is 0.737. The summed E-state index contributed by atoms with van der Waals surface area (Å²) in [7, 11) is 0. The van der Waals surface area contributed by atoms with Gasteiger partial charge in [0.25, 0.3) is 0 Å². The van der Waals surface area contributed by atoms with Crippen molar-refractivity contribution in [3.8, 4) is 0 Å². The van der Waals surface area contributed by atoms with Crippen LogP contribution in [0.1, 0.15) is 66.2 Å². The van der Waals surface area contributed by atoms with Crippen LogP contribution in [-0.4, -0.2) is 11.1 Å². The molecule has 2 aliphatic carbocycles. The van der Waals surface area contributed by atoms with E-state index >= 15 is 0 Å². The van der Waals surface area contributed by atoms with Crippen molar-refractivity contribution in [2.45, 2.75) is 66.2 Å². The molecule has 2 nitrogen and oxygen atoms in total. The highest BCUT2D eigenvalue weighted by Crippen LogP contribution is 2.60. The normalized spacial score (nSPS) is 40.6. The molecule has 0 heterocycles. The molecule has 0 aromatic heterocycles. The fourth-order valence-electron chi connectivity index (χ4n) is 4.83. The standard InChI is InChI=1S/C16H26O2/c1-5-12-11(2)7-8-13-15(12,3)9-6-10-16(13,4)14(17)18/h13H,5-10H2,1-4H3,(H,17,18). The van der Waals surface area contributed by atoms with Crippen molar-refractivity contribution < 1.29 is 9.90 Å². The van der Waals surface area contributed by atoms with E-state index < -0.39 is 11.4 Å². The van der Waals surface area contributed by atoms with Crippen LogP contribution in [0.3, 0.4) is 0 Å². The van der Waals surface area contributed by atoms with Gasteiger partial charge in [-0.1, -0.05) is 31.4 Å². The molecule has 1 N–H and O–H groups in total. The molecule has 0 spiro atoms. The smallest absolute Gasteiger partial charge is 0.309 e. The van der Waals surface area contributed by atoms with Gasteiger partial charge in [-0.3, -0.25) is 4.79 Å². The van der Waals surface area contributed by atoms with Gasteiger partial charge in [0.15, 0.2) is 0 Å². The first-order chi connectivity index (χ1) is 8.36. The number of rotatable bonds is 2. The molecule has 3 atom stereocenters. The zero-order valence-electron chi connectivity index (χ0n) is 12.2. The Balaban J connectivity index is 2.48. The highest BCUT2D eigenvalue weighted by atomic mass is 16.4. The Kier molecular flexibility index (Phi) is 3.33. The van der Waals surface area contributed by atoms with Crippen LogP contribution in [0, 0.1) is 16.7 Å². The summed E-state index contributed by atoms with van der Waals surface area (Å²) in [5.41, 5.74) is 2.67. The lowest BCUT2D eigenvalue weighted by Gasteiger charge is -2.54. The van der Waals surface area contributed by atoms with Crippen LogP contribution < -0.4 is 0 Å². The van der Waals surface area contributed by atoms with Crippen molar-refractivity contribution in [3.05, 3.63) is 11.1 Å². The maximum absolute atomic E-state index is 11.7. The number of carboxylic acids is 1. The van der Waals surface area contributed by atoms with Crippen LogP contribution in [0.15, 0.2) is 11.1 Å². The van der Waals surface area contributed by atoms with Gasteiger partial charge in [-0.25, -0.2) is 0 Å². The maximum Gasteiger partial charge on any atom is 0.309 e. The average Bonchev–Trinajstić information content (AvgIpc) is 2.28. The lowest BCUT2D eigenvalue weighted by Crippen LogP contribution is -2.50. The lowest BCUT2D eigenvalue weighted by atomic mass is 9.49. The molecule has 2 heteroatoms. The van der Waals surface area contributed by atoms with Crippen molar-refractivity contribution in [1.82, 2.24) is 0 Å². The fourth-order valence-corrected chi connectivity index (χ4v) is 4.83. The van der Waals surface area contributed by atoms with Gasteiger partial charge in [-0.05, 0) is 57.3 Å². The molecule has 102 valence electrons. The molecule has 2 aliphatic rings. The second-order valence-corrected chi connectivity index (χ2v) is 6.70. The van der Waals surface area contributed by atoms with E-state index in [9.17, 15) is 9.90 Å². The number of carbonyl (C=O) groups is 1. The molecule has 0 aromatic carbocycles. The first kappa shape index (κ1) is 13.6. The largest absolute Gasteiger partial charge is 0.481 e. The Morgan fingerprint density at radius 1 is 1.39 bits per heavy atom. The average molecular weight is 250 g/mol. The lowest BCUT2D eigenvalue weighted by molar-refractivity contribution is -0.159. The molecule has 1 saturated carbocycles. The van der Waals surface area contributed by atoms with E-state index in [4.69, 9.17) is 0 Å². The molecule has 18 heavy (non-hydrogen) atoms. The highest BCUT2D eigenvalue weighted by Gasteiger charge is 2.55. The van der Waals surface area contributed by atoms with E-state index in [0.29, 0.717) is 5.92 Å². The van der Waals surface area contributed by atoms with E-state index in [-0.39, 0.29) is 5.41 Å². The second-order valence-electron chi connectivity index (χ2n) is 6.70. The summed E-state index contributed by atoms with van der Waals surface area (Å²) >= 11 is 0. The Bertz CT molecular complexity index is 396. The van der Waals surface area contributed by atoms with Gasteiger partial charge in [0.1, 0.15) is 0 Å². The van der Waals surface area contributed by atoms with Crippen LogP contribution in [0.25, 0.3) is 0 Å². The van der Waals surface area contributed by atoms with E-state index in [1.54, 1.807) is 5.57 Å². The van der Waals surface area contributed by atoms with Crippen LogP contribution in [0.2, 0.25) is 0 Å². The molecule has 0 saturated heterocycles. The van der Waals surface area contributed by atoms with Gasteiger partial charge in [-0.15, -0.1) is 0 Å². The SMILES string of the molecule is CCC1=C(C)CCC2C(C)(C(=O)O)CCCC12C. The van der Waals surface area contributed by atoms with E-state index in [2.05, 4.69) is 20.8 Å². The zero-order valence-corrected chi connectivity index (χ0v) is 12.2. The molecule has 1 fully saturated rings. The summed E-state index contributed by atoms with van der Waals surface area (Å²) < 4.78 is 0. The molecular formula is C16H26O2. The molecule has 0 aromatic rings. The van der Waals surface area contributed by atoms with Gasteiger partial charge in [0, 0.05) is 0 Å². The molecular weight excluding hydrogens is 224 g/mol. The number of hydrogen-bond donors (Lipinski definition) is 1. The molecule has 0 aliphatic heterocycles. The first-order valence-corrected chi connectivity index (χ1v) is 7.28. The maximum atomic E-state index is 11.7. The summed E-state index contributed by atoms with van der Waals surface area (Å²) in [5, 5.41) is 9.66. The Labute approximate surface area is 110 Å². The predicted octanol–water partition coefficient (Wildman–Crippen LogP) is 4.40. The minimum atomic E-state index is -0.589. The summed E-state index contributed by atoms with van der Waals surface area (Å²) in [6.45, 7) is 8.76. The molecule has 0 amide bonds. The Hall–Kier alpha value is -0.790. The summed E-state index contributed by atoms with van der Waals surface area (Å²) in [6, 6.07) is 0.